The van der Waals surface area contributed by atoms with Crippen molar-refractivity contribution in [3.05, 3.63) is 29.6 Å². The van der Waals surface area contributed by atoms with Gasteiger partial charge in [0.1, 0.15) is 4.83 Å². The van der Waals surface area contributed by atoms with Gasteiger partial charge in [-0.25, -0.2) is 4.39 Å². The second-order valence-electron chi connectivity index (χ2n) is 2.94. The molecule has 1 unspecified atom stereocenters. The molecule has 0 fully saturated rings. The summed E-state index contributed by atoms with van der Waals surface area (Å²) in [6.45, 7) is 0. The molecule has 0 heterocycles. The molecule has 1 aromatic rings. The molecule has 0 aromatic heterocycles. The molecule has 1 rings (SSSR count). The highest BCUT2D eigenvalue weighted by Crippen LogP contribution is 2.31. The van der Waals surface area contributed by atoms with E-state index in [0.29, 0.717) is 12.1 Å². The van der Waals surface area contributed by atoms with Crippen LogP contribution in [0, 0.1) is 5.82 Å². The van der Waals surface area contributed by atoms with Crippen LogP contribution in [0.15, 0.2) is 18.2 Å². The fourth-order valence-corrected chi connectivity index (χ4v) is 1.31. The second kappa shape index (κ2) is 4.91. The Kier molecular flexibility index (Phi) is 3.97. The summed E-state index contributed by atoms with van der Waals surface area (Å²) >= 11 is 2.73. The summed E-state index contributed by atoms with van der Waals surface area (Å²) in [6, 6.07) is 2.43. The maximum atomic E-state index is 13.0. The fourth-order valence-electron chi connectivity index (χ4n) is 1.02. The number of carboxylic acids is 1. The van der Waals surface area contributed by atoms with Crippen molar-refractivity contribution in [2.45, 2.75) is 11.2 Å². The maximum absolute atomic E-state index is 13.0. The molecule has 0 aliphatic rings. The van der Waals surface area contributed by atoms with Crippen LogP contribution in [0.3, 0.4) is 0 Å². The van der Waals surface area contributed by atoms with Gasteiger partial charge in [-0.15, -0.1) is 13.2 Å². The minimum absolute atomic E-state index is 0.0573. The van der Waals surface area contributed by atoms with Crippen LogP contribution in [0.1, 0.15) is 10.4 Å². The monoisotopic (exact) mass is 316 g/mol. The summed E-state index contributed by atoms with van der Waals surface area (Å²) in [5.74, 6) is -3.61. The number of carbonyl (C=O) groups is 1. The standard InChI is InChI=1S/C9H5BrF4O3/c10-7(8(15)16)4-1-2-5(11)6(3-4)17-9(12,13)14/h1-3,7H,(H,15,16). The van der Waals surface area contributed by atoms with E-state index in [9.17, 15) is 22.4 Å². The Labute approximate surface area is 101 Å². The second-order valence-corrected chi connectivity index (χ2v) is 3.85. The number of alkyl halides is 4. The van der Waals surface area contributed by atoms with Crippen LogP contribution in [0.2, 0.25) is 0 Å². The number of halogens is 5. The first kappa shape index (κ1) is 13.8. The van der Waals surface area contributed by atoms with Crippen molar-refractivity contribution in [1.82, 2.24) is 0 Å². The van der Waals surface area contributed by atoms with Gasteiger partial charge in [-0.3, -0.25) is 4.79 Å². The van der Waals surface area contributed by atoms with Gasteiger partial charge in [0, 0.05) is 0 Å². The highest BCUT2D eigenvalue weighted by atomic mass is 79.9. The maximum Gasteiger partial charge on any atom is 0.573 e. The van der Waals surface area contributed by atoms with E-state index in [0.717, 1.165) is 6.07 Å². The molecule has 0 aliphatic carbocycles. The molecule has 0 saturated heterocycles. The van der Waals surface area contributed by atoms with Gasteiger partial charge in [0.2, 0.25) is 0 Å². The Morgan fingerprint density at radius 2 is 2.00 bits per heavy atom. The van der Waals surface area contributed by atoms with Crippen molar-refractivity contribution < 1.29 is 32.2 Å². The molecule has 0 spiro atoms. The molecule has 8 heteroatoms. The molecule has 0 radical (unpaired) electrons. The van der Waals surface area contributed by atoms with E-state index >= 15 is 0 Å². The van der Waals surface area contributed by atoms with Gasteiger partial charge in [-0.05, 0) is 17.7 Å². The Balaban J connectivity index is 3.06. The molecular weight excluding hydrogens is 312 g/mol. The van der Waals surface area contributed by atoms with E-state index in [-0.39, 0.29) is 5.56 Å². The zero-order valence-electron chi connectivity index (χ0n) is 7.96. The summed E-state index contributed by atoms with van der Waals surface area (Å²) in [5.41, 5.74) is -0.0573. The molecule has 0 saturated carbocycles. The van der Waals surface area contributed by atoms with Crippen LogP contribution in [0.5, 0.6) is 5.75 Å². The Bertz CT molecular complexity index is 433. The van der Waals surface area contributed by atoms with Gasteiger partial charge in [0.25, 0.3) is 0 Å². The molecule has 1 aromatic carbocycles. The van der Waals surface area contributed by atoms with Crippen LogP contribution in [0.25, 0.3) is 0 Å². The van der Waals surface area contributed by atoms with Crippen molar-refractivity contribution in [3.63, 3.8) is 0 Å². The zero-order chi connectivity index (χ0) is 13.2. The Morgan fingerprint density at radius 1 is 1.41 bits per heavy atom. The smallest absolute Gasteiger partial charge is 0.480 e. The van der Waals surface area contributed by atoms with Crippen molar-refractivity contribution in [1.29, 1.82) is 0 Å². The molecule has 1 N–H and O–H groups in total. The van der Waals surface area contributed by atoms with Crippen LogP contribution >= 0.6 is 15.9 Å². The van der Waals surface area contributed by atoms with Crippen LogP contribution in [0.4, 0.5) is 17.6 Å². The molecule has 0 amide bonds. The SMILES string of the molecule is O=C(O)C(Br)c1ccc(F)c(OC(F)(F)F)c1. The lowest BCUT2D eigenvalue weighted by Gasteiger charge is -2.12. The first-order chi connectivity index (χ1) is 7.70. The number of carboxylic acid groups (broad SMARTS) is 1. The largest absolute Gasteiger partial charge is 0.573 e. The lowest BCUT2D eigenvalue weighted by molar-refractivity contribution is -0.275. The van der Waals surface area contributed by atoms with Crippen LogP contribution in [-0.2, 0) is 4.79 Å². The molecule has 1 atom stereocenters. The molecular formula is C9H5BrF4O3. The van der Waals surface area contributed by atoms with Gasteiger partial charge in [0.05, 0.1) is 0 Å². The molecule has 0 aliphatic heterocycles. The van der Waals surface area contributed by atoms with Crippen molar-refractivity contribution in [2.24, 2.45) is 0 Å². The van der Waals surface area contributed by atoms with E-state index in [1.165, 1.54) is 0 Å². The van der Waals surface area contributed by atoms with E-state index in [4.69, 9.17) is 5.11 Å². The van der Waals surface area contributed by atoms with Gasteiger partial charge in [-0.2, -0.15) is 0 Å². The third-order valence-corrected chi connectivity index (χ3v) is 2.61. The van der Waals surface area contributed by atoms with E-state index in [1.54, 1.807) is 0 Å². The summed E-state index contributed by atoms with van der Waals surface area (Å²) in [4.78, 5) is 9.34. The number of benzene rings is 1. The fraction of sp³-hybridized carbons (Fsp3) is 0.222. The molecule has 94 valence electrons. The topological polar surface area (TPSA) is 46.5 Å². The minimum Gasteiger partial charge on any atom is -0.480 e. The van der Waals surface area contributed by atoms with Gasteiger partial charge >= 0.3 is 12.3 Å². The quantitative estimate of drug-likeness (QED) is 0.688. The average molecular weight is 317 g/mol. The summed E-state index contributed by atoms with van der Waals surface area (Å²) in [6.07, 6.45) is -5.04. The van der Waals surface area contributed by atoms with Crippen molar-refractivity contribution >= 4 is 21.9 Å². The number of hydrogen-bond donors (Lipinski definition) is 1. The Hall–Kier alpha value is -1.31. The van der Waals surface area contributed by atoms with Gasteiger partial charge in [0.15, 0.2) is 11.6 Å². The highest BCUT2D eigenvalue weighted by Gasteiger charge is 2.32. The predicted octanol–water partition coefficient (Wildman–Crippen LogP) is 3.24. The molecule has 3 nitrogen and oxygen atoms in total. The van der Waals surface area contributed by atoms with E-state index < -0.39 is 28.7 Å². The number of hydrogen-bond acceptors (Lipinski definition) is 2. The third-order valence-electron chi connectivity index (χ3n) is 1.69. The highest BCUT2D eigenvalue weighted by molar-refractivity contribution is 9.09. The predicted molar refractivity (Wildman–Crippen MR) is 52.4 cm³/mol. The van der Waals surface area contributed by atoms with Gasteiger partial charge in [-0.1, -0.05) is 22.0 Å². The first-order valence-electron chi connectivity index (χ1n) is 4.13. The minimum atomic E-state index is -5.04. The average Bonchev–Trinajstić information content (AvgIpc) is 2.18. The van der Waals surface area contributed by atoms with Gasteiger partial charge < -0.3 is 9.84 Å². The number of ether oxygens (including phenoxy) is 1. The molecule has 17 heavy (non-hydrogen) atoms. The number of aliphatic carboxylic acids is 1. The summed E-state index contributed by atoms with van der Waals surface area (Å²) in [7, 11) is 0. The lowest BCUT2D eigenvalue weighted by Crippen LogP contribution is -2.18. The summed E-state index contributed by atoms with van der Waals surface area (Å²) < 4.78 is 52.1. The third kappa shape index (κ3) is 3.88. The lowest BCUT2D eigenvalue weighted by atomic mass is 10.1. The molecule has 0 bridgehead atoms. The van der Waals surface area contributed by atoms with Crippen LogP contribution < -0.4 is 4.74 Å². The van der Waals surface area contributed by atoms with Crippen molar-refractivity contribution in [3.8, 4) is 5.75 Å². The van der Waals surface area contributed by atoms with Crippen LogP contribution in [-0.4, -0.2) is 17.4 Å². The van der Waals surface area contributed by atoms with Crippen molar-refractivity contribution in [2.75, 3.05) is 0 Å². The zero-order valence-corrected chi connectivity index (χ0v) is 9.55. The normalized spacial score (nSPS) is 13.2. The summed E-state index contributed by atoms with van der Waals surface area (Å²) in [5, 5.41) is 8.62. The first-order valence-corrected chi connectivity index (χ1v) is 5.04. The Morgan fingerprint density at radius 3 is 2.47 bits per heavy atom. The van der Waals surface area contributed by atoms with E-state index in [1.807, 2.05) is 0 Å². The van der Waals surface area contributed by atoms with E-state index in [2.05, 4.69) is 20.7 Å². The number of rotatable bonds is 3.